The number of halogens is 1. The Balaban J connectivity index is 2.29. The summed E-state index contributed by atoms with van der Waals surface area (Å²) in [5.41, 5.74) is 1.65. The van der Waals surface area contributed by atoms with Crippen LogP contribution in [-0.2, 0) is 6.54 Å². The van der Waals surface area contributed by atoms with E-state index < -0.39 is 11.9 Å². The monoisotopic (exact) mass is 244 g/mol. The lowest BCUT2D eigenvalue weighted by atomic mass is 10.1. The first kappa shape index (κ1) is 12.3. The minimum atomic E-state index is -0.559. The molecule has 0 aliphatic heterocycles. The Morgan fingerprint density at radius 3 is 2.89 bits per heavy atom. The molecule has 1 N–H and O–H groups in total. The first-order valence-electron chi connectivity index (χ1n) is 5.63. The van der Waals surface area contributed by atoms with Gasteiger partial charge in [0.2, 0.25) is 0 Å². The van der Waals surface area contributed by atoms with Crippen LogP contribution in [0.5, 0.6) is 0 Å². The maximum atomic E-state index is 13.2. The normalized spacial score (nSPS) is 12.1. The zero-order chi connectivity index (χ0) is 13.1. The van der Waals surface area contributed by atoms with Gasteiger partial charge in [0.1, 0.15) is 11.9 Å². The van der Waals surface area contributed by atoms with Crippen LogP contribution in [-0.4, -0.2) is 9.67 Å². The molecule has 4 heteroatoms. The number of aliphatic hydroxyl groups excluding tert-OH is 1. The third kappa shape index (κ3) is 2.41. The molecule has 0 bridgehead atoms. The Hall–Kier alpha value is -2.12. The zero-order valence-corrected chi connectivity index (χ0v) is 9.97. The second-order valence-electron chi connectivity index (χ2n) is 4.16. The number of hydrogen-bond donors (Lipinski definition) is 1. The SMILES string of the molecule is CC(O)c1cccn1Cc1ccc(F)c(C#N)c1. The van der Waals surface area contributed by atoms with Crippen molar-refractivity contribution in [3.63, 3.8) is 0 Å². The summed E-state index contributed by atoms with van der Waals surface area (Å²) >= 11 is 0. The Morgan fingerprint density at radius 2 is 2.22 bits per heavy atom. The highest BCUT2D eigenvalue weighted by molar-refractivity contribution is 5.34. The Labute approximate surface area is 105 Å². The van der Waals surface area contributed by atoms with Crippen LogP contribution in [0.2, 0.25) is 0 Å². The highest BCUT2D eigenvalue weighted by Crippen LogP contribution is 2.16. The summed E-state index contributed by atoms with van der Waals surface area (Å²) in [6.45, 7) is 2.19. The molecule has 2 rings (SSSR count). The molecule has 92 valence electrons. The third-order valence-electron chi connectivity index (χ3n) is 2.80. The molecule has 0 spiro atoms. The molecule has 1 aromatic carbocycles. The molecule has 0 aliphatic carbocycles. The lowest BCUT2D eigenvalue weighted by Crippen LogP contribution is -2.06. The standard InChI is InChI=1S/C14H13FN2O/c1-10(18)14-3-2-6-17(14)9-11-4-5-13(15)12(7-11)8-16/h2-7,10,18H,9H2,1H3. The van der Waals surface area contributed by atoms with E-state index in [4.69, 9.17) is 5.26 Å². The molecule has 1 aromatic heterocycles. The van der Waals surface area contributed by atoms with Crippen LogP contribution in [0.1, 0.15) is 29.8 Å². The van der Waals surface area contributed by atoms with Crippen LogP contribution in [0.3, 0.4) is 0 Å². The van der Waals surface area contributed by atoms with Crippen LogP contribution in [0, 0.1) is 17.1 Å². The quantitative estimate of drug-likeness (QED) is 0.902. The summed E-state index contributed by atoms with van der Waals surface area (Å²) in [4.78, 5) is 0. The van der Waals surface area contributed by atoms with E-state index in [1.165, 1.54) is 12.1 Å². The van der Waals surface area contributed by atoms with Gasteiger partial charge in [-0.05, 0) is 36.8 Å². The van der Waals surface area contributed by atoms with E-state index >= 15 is 0 Å². The average Bonchev–Trinajstić information content (AvgIpc) is 2.80. The van der Waals surface area contributed by atoms with Crippen molar-refractivity contribution in [2.45, 2.75) is 19.6 Å². The molecule has 0 radical (unpaired) electrons. The van der Waals surface area contributed by atoms with Gasteiger partial charge in [-0.2, -0.15) is 5.26 Å². The van der Waals surface area contributed by atoms with Gasteiger partial charge in [-0.15, -0.1) is 0 Å². The van der Waals surface area contributed by atoms with Crippen molar-refractivity contribution in [2.75, 3.05) is 0 Å². The van der Waals surface area contributed by atoms with Crippen LogP contribution >= 0.6 is 0 Å². The molecular formula is C14H13FN2O. The first-order chi connectivity index (χ1) is 8.61. The smallest absolute Gasteiger partial charge is 0.140 e. The molecule has 0 saturated carbocycles. The van der Waals surface area contributed by atoms with Crippen LogP contribution in [0.4, 0.5) is 4.39 Å². The van der Waals surface area contributed by atoms with Gasteiger partial charge in [-0.1, -0.05) is 6.07 Å². The predicted octanol–water partition coefficient (Wildman–Crippen LogP) is 2.60. The number of nitrogens with zero attached hydrogens (tertiary/aromatic N) is 2. The minimum Gasteiger partial charge on any atom is -0.387 e. The molecule has 0 amide bonds. The number of nitriles is 1. The summed E-state index contributed by atoms with van der Waals surface area (Å²) < 4.78 is 15.1. The molecule has 0 aliphatic rings. The molecular weight excluding hydrogens is 231 g/mol. The second-order valence-corrected chi connectivity index (χ2v) is 4.16. The summed E-state index contributed by atoms with van der Waals surface area (Å²) in [5, 5.41) is 18.4. The van der Waals surface area contributed by atoms with E-state index in [1.807, 2.05) is 29.0 Å². The van der Waals surface area contributed by atoms with Crippen molar-refractivity contribution in [1.82, 2.24) is 4.57 Å². The fourth-order valence-electron chi connectivity index (χ4n) is 1.90. The van der Waals surface area contributed by atoms with E-state index in [2.05, 4.69) is 0 Å². The summed E-state index contributed by atoms with van der Waals surface area (Å²) in [6, 6.07) is 9.96. The Kier molecular flexibility index (Phi) is 3.45. The maximum Gasteiger partial charge on any atom is 0.140 e. The van der Waals surface area contributed by atoms with E-state index in [1.54, 1.807) is 13.0 Å². The number of aromatic nitrogens is 1. The fraction of sp³-hybridized carbons (Fsp3) is 0.214. The van der Waals surface area contributed by atoms with Gasteiger partial charge >= 0.3 is 0 Å². The van der Waals surface area contributed by atoms with Crippen molar-refractivity contribution in [3.05, 3.63) is 59.2 Å². The van der Waals surface area contributed by atoms with Gasteiger partial charge in [-0.3, -0.25) is 0 Å². The van der Waals surface area contributed by atoms with Gasteiger partial charge in [0.15, 0.2) is 0 Å². The number of rotatable bonds is 3. The maximum absolute atomic E-state index is 13.2. The van der Waals surface area contributed by atoms with E-state index in [0.717, 1.165) is 11.3 Å². The average molecular weight is 244 g/mol. The Morgan fingerprint density at radius 1 is 1.44 bits per heavy atom. The van der Waals surface area contributed by atoms with Crippen molar-refractivity contribution in [1.29, 1.82) is 5.26 Å². The lowest BCUT2D eigenvalue weighted by Gasteiger charge is -2.11. The van der Waals surface area contributed by atoms with Crippen molar-refractivity contribution < 1.29 is 9.50 Å². The van der Waals surface area contributed by atoms with Crippen LogP contribution < -0.4 is 0 Å². The minimum absolute atomic E-state index is 0.0400. The van der Waals surface area contributed by atoms with Gasteiger partial charge < -0.3 is 9.67 Å². The largest absolute Gasteiger partial charge is 0.387 e. The number of hydrogen-bond acceptors (Lipinski definition) is 2. The van der Waals surface area contributed by atoms with Crippen molar-refractivity contribution in [2.24, 2.45) is 0 Å². The van der Waals surface area contributed by atoms with Gasteiger partial charge in [0, 0.05) is 18.4 Å². The highest BCUT2D eigenvalue weighted by Gasteiger charge is 2.08. The molecule has 1 unspecified atom stereocenters. The van der Waals surface area contributed by atoms with Gasteiger partial charge in [0.05, 0.1) is 11.7 Å². The van der Waals surface area contributed by atoms with Crippen molar-refractivity contribution in [3.8, 4) is 6.07 Å². The van der Waals surface area contributed by atoms with Gasteiger partial charge in [0.25, 0.3) is 0 Å². The van der Waals surface area contributed by atoms with E-state index in [0.29, 0.717) is 6.54 Å². The molecule has 18 heavy (non-hydrogen) atoms. The van der Waals surface area contributed by atoms with Crippen LogP contribution in [0.25, 0.3) is 0 Å². The predicted molar refractivity (Wildman–Crippen MR) is 65.3 cm³/mol. The fourth-order valence-corrected chi connectivity index (χ4v) is 1.90. The van der Waals surface area contributed by atoms with E-state index in [-0.39, 0.29) is 5.56 Å². The van der Waals surface area contributed by atoms with Crippen LogP contribution in [0.15, 0.2) is 36.5 Å². The second kappa shape index (κ2) is 5.03. The summed E-state index contributed by atoms with van der Waals surface area (Å²) in [5.74, 6) is -0.510. The number of aliphatic hydroxyl groups is 1. The van der Waals surface area contributed by atoms with Crippen molar-refractivity contribution >= 4 is 0 Å². The zero-order valence-electron chi connectivity index (χ0n) is 9.97. The molecule has 1 atom stereocenters. The number of benzene rings is 1. The summed E-state index contributed by atoms with van der Waals surface area (Å²) in [6.07, 6.45) is 1.29. The molecule has 1 heterocycles. The summed E-state index contributed by atoms with van der Waals surface area (Å²) in [7, 11) is 0. The lowest BCUT2D eigenvalue weighted by molar-refractivity contribution is 0.190. The topological polar surface area (TPSA) is 49.0 Å². The Bertz CT molecular complexity index is 596. The molecule has 0 saturated heterocycles. The van der Waals surface area contributed by atoms with E-state index in [9.17, 15) is 9.50 Å². The highest BCUT2D eigenvalue weighted by atomic mass is 19.1. The van der Waals surface area contributed by atoms with Gasteiger partial charge in [-0.25, -0.2) is 4.39 Å². The molecule has 3 nitrogen and oxygen atoms in total. The molecule has 2 aromatic rings. The third-order valence-corrected chi connectivity index (χ3v) is 2.80. The first-order valence-corrected chi connectivity index (χ1v) is 5.63. The molecule has 0 fully saturated rings.